The molecule has 16 heavy (non-hydrogen) atoms. The van der Waals surface area contributed by atoms with E-state index in [1.54, 1.807) is 30.6 Å². The minimum atomic E-state index is 0.0266. The zero-order valence-corrected chi connectivity index (χ0v) is 10.0. The summed E-state index contributed by atoms with van der Waals surface area (Å²) in [6, 6.07) is 9.00. The van der Waals surface area contributed by atoms with Crippen LogP contribution in [0.4, 0.5) is 0 Å². The van der Waals surface area contributed by atoms with Gasteiger partial charge in [0.15, 0.2) is 5.78 Å². The third-order valence-corrected chi connectivity index (χ3v) is 2.63. The molecule has 0 atom stereocenters. The standard InChI is InChI=1S/C12H9BrN2O/c13-10-4-2-9(3-5-10)11(16)8-12-14-6-1-7-15-12/h1-7H,8H2. The largest absolute Gasteiger partial charge is 0.294 e. The molecule has 0 saturated heterocycles. The lowest BCUT2D eigenvalue weighted by molar-refractivity contribution is 0.0991. The quantitative estimate of drug-likeness (QED) is 0.810. The Labute approximate surface area is 102 Å². The lowest BCUT2D eigenvalue weighted by Gasteiger charge is -2.00. The normalized spacial score (nSPS) is 10.1. The molecular formula is C12H9BrN2O. The van der Waals surface area contributed by atoms with Gasteiger partial charge in [0.1, 0.15) is 5.82 Å². The molecule has 1 heterocycles. The first kappa shape index (κ1) is 11.0. The number of rotatable bonds is 3. The van der Waals surface area contributed by atoms with Crippen LogP contribution in [0, 0.1) is 0 Å². The molecule has 0 aliphatic heterocycles. The van der Waals surface area contributed by atoms with E-state index in [9.17, 15) is 4.79 Å². The second-order valence-electron chi connectivity index (χ2n) is 3.27. The number of Topliss-reactive ketones (excluding diaryl/α,β-unsaturated/α-hetero) is 1. The molecule has 2 rings (SSSR count). The zero-order chi connectivity index (χ0) is 11.4. The van der Waals surface area contributed by atoms with E-state index in [4.69, 9.17) is 0 Å². The average molecular weight is 277 g/mol. The summed E-state index contributed by atoms with van der Waals surface area (Å²) in [6.07, 6.45) is 3.51. The number of carbonyl (C=O) groups is 1. The third kappa shape index (κ3) is 2.73. The fraction of sp³-hybridized carbons (Fsp3) is 0.0833. The molecule has 4 heteroatoms. The molecule has 0 aliphatic rings. The van der Waals surface area contributed by atoms with Crippen molar-refractivity contribution < 1.29 is 4.79 Å². The van der Waals surface area contributed by atoms with Crippen molar-refractivity contribution in [2.45, 2.75) is 6.42 Å². The number of nitrogens with zero attached hydrogens (tertiary/aromatic N) is 2. The monoisotopic (exact) mass is 276 g/mol. The highest BCUT2D eigenvalue weighted by Crippen LogP contribution is 2.11. The van der Waals surface area contributed by atoms with E-state index >= 15 is 0 Å². The molecule has 1 aromatic heterocycles. The molecule has 0 saturated carbocycles. The van der Waals surface area contributed by atoms with Gasteiger partial charge in [0.25, 0.3) is 0 Å². The molecule has 0 aliphatic carbocycles. The molecule has 0 spiro atoms. The van der Waals surface area contributed by atoms with Crippen molar-refractivity contribution in [3.05, 3.63) is 58.6 Å². The molecule has 80 valence electrons. The highest BCUT2D eigenvalue weighted by molar-refractivity contribution is 9.10. The molecule has 0 radical (unpaired) electrons. The van der Waals surface area contributed by atoms with Crippen LogP contribution < -0.4 is 0 Å². The van der Waals surface area contributed by atoms with Crippen LogP contribution in [-0.4, -0.2) is 15.8 Å². The van der Waals surface area contributed by atoms with Crippen LogP contribution in [0.25, 0.3) is 0 Å². The van der Waals surface area contributed by atoms with Crippen LogP contribution in [0.1, 0.15) is 16.2 Å². The Morgan fingerprint density at radius 2 is 1.75 bits per heavy atom. The highest BCUT2D eigenvalue weighted by Gasteiger charge is 2.07. The molecule has 0 unspecified atom stereocenters. The van der Waals surface area contributed by atoms with Gasteiger partial charge in [-0.1, -0.05) is 28.1 Å². The Kier molecular flexibility index (Phi) is 3.41. The van der Waals surface area contributed by atoms with Gasteiger partial charge >= 0.3 is 0 Å². The maximum Gasteiger partial charge on any atom is 0.170 e. The summed E-state index contributed by atoms with van der Waals surface area (Å²) in [5.74, 6) is 0.578. The van der Waals surface area contributed by atoms with Crippen molar-refractivity contribution in [3.63, 3.8) is 0 Å². The van der Waals surface area contributed by atoms with Crippen LogP contribution in [0.2, 0.25) is 0 Å². The number of hydrogen-bond donors (Lipinski definition) is 0. The van der Waals surface area contributed by atoms with Crippen molar-refractivity contribution in [3.8, 4) is 0 Å². The van der Waals surface area contributed by atoms with Crippen molar-refractivity contribution in [2.75, 3.05) is 0 Å². The molecule has 0 amide bonds. The Morgan fingerprint density at radius 3 is 2.38 bits per heavy atom. The van der Waals surface area contributed by atoms with Crippen LogP contribution >= 0.6 is 15.9 Å². The van der Waals surface area contributed by atoms with Crippen molar-refractivity contribution in [2.24, 2.45) is 0 Å². The lowest BCUT2D eigenvalue weighted by atomic mass is 10.1. The molecule has 3 nitrogen and oxygen atoms in total. The number of hydrogen-bond acceptors (Lipinski definition) is 3. The number of carbonyl (C=O) groups excluding carboxylic acids is 1. The van der Waals surface area contributed by atoms with Gasteiger partial charge < -0.3 is 0 Å². The van der Waals surface area contributed by atoms with Gasteiger partial charge in [-0.3, -0.25) is 4.79 Å². The smallest absolute Gasteiger partial charge is 0.170 e. The number of aromatic nitrogens is 2. The topological polar surface area (TPSA) is 42.9 Å². The van der Waals surface area contributed by atoms with Gasteiger partial charge in [-0.2, -0.15) is 0 Å². The van der Waals surface area contributed by atoms with Crippen LogP contribution in [0.15, 0.2) is 47.2 Å². The molecule has 1 aromatic carbocycles. The Balaban J connectivity index is 2.12. The van der Waals surface area contributed by atoms with E-state index in [1.165, 1.54) is 0 Å². The van der Waals surface area contributed by atoms with Crippen molar-refractivity contribution in [1.29, 1.82) is 0 Å². The summed E-state index contributed by atoms with van der Waals surface area (Å²) in [5.41, 5.74) is 0.677. The predicted octanol–water partition coefficient (Wildman–Crippen LogP) is 2.66. The lowest BCUT2D eigenvalue weighted by Crippen LogP contribution is -2.06. The Bertz CT molecular complexity index is 482. The summed E-state index contributed by atoms with van der Waals surface area (Å²) in [6.45, 7) is 0. The first-order valence-electron chi connectivity index (χ1n) is 4.80. The maximum absolute atomic E-state index is 11.8. The SMILES string of the molecule is O=C(Cc1ncccn1)c1ccc(Br)cc1. The average Bonchev–Trinajstić information content (AvgIpc) is 2.31. The summed E-state index contributed by atoms with van der Waals surface area (Å²) in [4.78, 5) is 19.9. The maximum atomic E-state index is 11.8. The summed E-state index contributed by atoms with van der Waals surface area (Å²) in [5, 5.41) is 0. The molecule has 2 aromatic rings. The molecule has 0 N–H and O–H groups in total. The van der Waals surface area contributed by atoms with Gasteiger partial charge in [-0.25, -0.2) is 9.97 Å². The van der Waals surface area contributed by atoms with Gasteiger partial charge in [0.05, 0.1) is 6.42 Å². The number of benzene rings is 1. The van der Waals surface area contributed by atoms with Crippen molar-refractivity contribution >= 4 is 21.7 Å². The molecule has 0 bridgehead atoms. The van der Waals surface area contributed by atoms with E-state index in [2.05, 4.69) is 25.9 Å². The van der Waals surface area contributed by atoms with Gasteiger partial charge in [0.2, 0.25) is 0 Å². The Morgan fingerprint density at radius 1 is 1.12 bits per heavy atom. The van der Waals surface area contributed by atoms with Crippen LogP contribution in [0.5, 0.6) is 0 Å². The first-order chi connectivity index (χ1) is 7.75. The number of ketones is 1. The van der Waals surface area contributed by atoms with Gasteiger partial charge in [0, 0.05) is 22.4 Å². The number of halogens is 1. The van der Waals surface area contributed by atoms with Crippen LogP contribution in [0.3, 0.4) is 0 Å². The van der Waals surface area contributed by atoms with E-state index in [0.717, 1.165) is 4.47 Å². The van der Waals surface area contributed by atoms with E-state index in [1.807, 2.05) is 12.1 Å². The minimum absolute atomic E-state index is 0.0266. The van der Waals surface area contributed by atoms with E-state index < -0.39 is 0 Å². The fourth-order valence-electron chi connectivity index (χ4n) is 1.30. The van der Waals surface area contributed by atoms with E-state index in [0.29, 0.717) is 11.4 Å². The molecule has 0 fully saturated rings. The minimum Gasteiger partial charge on any atom is -0.294 e. The second kappa shape index (κ2) is 4.99. The fourth-order valence-corrected chi connectivity index (χ4v) is 1.57. The second-order valence-corrected chi connectivity index (χ2v) is 4.19. The summed E-state index contributed by atoms with van der Waals surface area (Å²) >= 11 is 3.33. The van der Waals surface area contributed by atoms with Crippen LogP contribution in [-0.2, 0) is 6.42 Å². The Hall–Kier alpha value is -1.55. The van der Waals surface area contributed by atoms with Gasteiger partial charge in [-0.05, 0) is 18.2 Å². The highest BCUT2D eigenvalue weighted by atomic mass is 79.9. The predicted molar refractivity (Wildman–Crippen MR) is 64.2 cm³/mol. The van der Waals surface area contributed by atoms with Gasteiger partial charge in [-0.15, -0.1) is 0 Å². The van der Waals surface area contributed by atoms with Crippen molar-refractivity contribution in [1.82, 2.24) is 9.97 Å². The first-order valence-corrected chi connectivity index (χ1v) is 5.59. The zero-order valence-electron chi connectivity index (χ0n) is 8.43. The third-order valence-electron chi connectivity index (χ3n) is 2.10. The summed E-state index contributed by atoms with van der Waals surface area (Å²) < 4.78 is 0.958. The molecular weight excluding hydrogens is 268 g/mol. The van der Waals surface area contributed by atoms with E-state index in [-0.39, 0.29) is 12.2 Å². The summed E-state index contributed by atoms with van der Waals surface area (Å²) in [7, 11) is 0.